The average molecular weight is 627 g/mol. The Morgan fingerprint density at radius 3 is 1.17 bits per heavy atom. The maximum absolute atomic E-state index is 14.1. The molecule has 0 unspecified atom stereocenters. The zero-order valence-electron chi connectivity index (χ0n) is 24.2. The van der Waals surface area contributed by atoms with Crippen LogP contribution in [0.2, 0.25) is 0 Å². The maximum Gasteiger partial charge on any atom is 0.271 e. The molecule has 11 aromatic rings. The van der Waals surface area contributed by atoms with Crippen LogP contribution in [0.15, 0.2) is 94.5 Å². The summed E-state index contributed by atoms with van der Waals surface area (Å²) in [7, 11) is 0. The molecular formula is C36H14N6O6. The Hall–Kier alpha value is -7.08. The van der Waals surface area contributed by atoms with Crippen LogP contribution in [0.25, 0.3) is 98.0 Å². The highest BCUT2D eigenvalue weighted by Crippen LogP contribution is 2.45. The molecule has 0 saturated heterocycles. The molecule has 0 atom stereocenters. The van der Waals surface area contributed by atoms with Crippen molar-refractivity contribution in [2.75, 3.05) is 0 Å². The SMILES string of the molecule is O=c1c2ccc3c4ccc5c6c(ccc(c7ccc(c2c37)c2nc3ccc([N+](=O)[O-])cc3n12)c46)c(=O)n1c2cc([N+](=O)[O-])ccc2nc51. The molecule has 224 valence electrons. The largest absolute Gasteiger partial charge is 0.271 e. The fourth-order valence-corrected chi connectivity index (χ4v) is 7.99. The molecule has 0 saturated carbocycles. The predicted octanol–water partition coefficient (Wildman–Crippen LogP) is 7.06. The summed E-state index contributed by atoms with van der Waals surface area (Å²) < 4.78 is 2.91. The van der Waals surface area contributed by atoms with E-state index in [2.05, 4.69) is 0 Å². The van der Waals surface area contributed by atoms with Gasteiger partial charge in [-0.05, 0) is 68.7 Å². The molecule has 0 aliphatic carbocycles. The van der Waals surface area contributed by atoms with Gasteiger partial charge in [0, 0.05) is 56.6 Å². The number of rotatable bonds is 2. The van der Waals surface area contributed by atoms with Crippen molar-refractivity contribution in [1.82, 2.24) is 18.8 Å². The minimum Gasteiger partial charge on any atom is -0.268 e. The molecule has 4 heterocycles. The molecule has 0 amide bonds. The number of pyridine rings is 2. The number of imidazole rings is 2. The van der Waals surface area contributed by atoms with E-state index < -0.39 is 9.85 Å². The van der Waals surface area contributed by atoms with E-state index in [1.807, 2.05) is 36.4 Å². The molecule has 11 rings (SSSR count). The van der Waals surface area contributed by atoms with E-state index >= 15 is 0 Å². The third kappa shape index (κ3) is 2.74. The first-order valence-electron chi connectivity index (χ1n) is 14.9. The molecule has 0 N–H and O–H groups in total. The van der Waals surface area contributed by atoms with Gasteiger partial charge in [0.15, 0.2) is 0 Å². The quantitative estimate of drug-likeness (QED) is 0.0855. The minimum absolute atomic E-state index is 0.124. The number of nitro groups is 2. The van der Waals surface area contributed by atoms with Crippen LogP contribution < -0.4 is 11.1 Å². The zero-order valence-corrected chi connectivity index (χ0v) is 24.2. The fourth-order valence-electron chi connectivity index (χ4n) is 7.99. The summed E-state index contributed by atoms with van der Waals surface area (Å²) >= 11 is 0. The molecular weight excluding hydrogens is 612 g/mol. The monoisotopic (exact) mass is 626 g/mol. The van der Waals surface area contributed by atoms with E-state index in [4.69, 9.17) is 9.97 Å². The maximum atomic E-state index is 14.1. The van der Waals surface area contributed by atoms with Gasteiger partial charge in [-0.1, -0.05) is 24.3 Å². The summed E-state index contributed by atoms with van der Waals surface area (Å²) in [5.74, 6) is 0. The lowest BCUT2D eigenvalue weighted by Gasteiger charge is -2.18. The average Bonchev–Trinajstić information content (AvgIpc) is 3.67. The van der Waals surface area contributed by atoms with Gasteiger partial charge in [-0.2, -0.15) is 0 Å². The number of nitro benzene ring substituents is 2. The van der Waals surface area contributed by atoms with Gasteiger partial charge in [0.2, 0.25) is 0 Å². The normalized spacial score (nSPS) is 12.7. The highest BCUT2D eigenvalue weighted by atomic mass is 16.6. The molecule has 0 fully saturated rings. The van der Waals surface area contributed by atoms with Gasteiger partial charge in [0.1, 0.15) is 11.3 Å². The Morgan fingerprint density at radius 2 is 0.792 bits per heavy atom. The molecule has 12 nitrogen and oxygen atoms in total. The van der Waals surface area contributed by atoms with Crippen molar-refractivity contribution in [3.8, 4) is 0 Å². The second kappa shape index (κ2) is 8.00. The highest BCUT2D eigenvalue weighted by Gasteiger charge is 2.24. The van der Waals surface area contributed by atoms with Crippen LogP contribution in [-0.4, -0.2) is 28.6 Å². The molecule has 4 aromatic heterocycles. The van der Waals surface area contributed by atoms with Gasteiger partial charge in [0.05, 0.1) is 31.9 Å². The van der Waals surface area contributed by atoms with Crippen LogP contribution in [0.3, 0.4) is 0 Å². The van der Waals surface area contributed by atoms with Crippen molar-refractivity contribution in [2.45, 2.75) is 0 Å². The van der Waals surface area contributed by atoms with Gasteiger partial charge in [-0.15, -0.1) is 0 Å². The van der Waals surface area contributed by atoms with Gasteiger partial charge in [-0.25, -0.2) is 9.97 Å². The molecule has 0 spiro atoms. The van der Waals surface area contributed by atoms with Gasteiger partial charge < -0.3 is 0 Å². The summed E-state index contributed by atoms with van der Waals surface area (Å²) in [6, 6.07) is 23.9. The molecule has 12 heteroatoms. The number of non-ortho nitro benzene ring substituents is 2. The first kappa shape index (κ1) is 25.2. The summed E-state index contributed by atoms with van der Waals surface area (Å²) in [6.07, 6.45) is 0. The summed E-state index contributed by atoms with van der Waals surface area (Å²) in [6.45, 7) is 0. The van der Waals surface area contributed by atoms with Crippen molar-refractivity contribution in [1.29, 1.82) is 0 Å². The lowest BCUT2D eigenvalue weighted by Crippen LogP contribution is -2.14. The minimum atomic E-state index is -0.491. The highest BCUT2D eigenvalue weighted by molar-refractivity contribution is 6.40. The molecule has 0 bridgehead atoms. The van der Waals surface area contributed by atoms with Crippen molar-refractivity contribution in [2.24, 2.45) is 0 Å². The number of nitrogens with zero attached hydrogens (tertiary/aromatic N) is 6. The Kier molecular flexibility index (Phi) is 4.19. The topological polar surface area (TPSA) is 155 Å². The number of fused-ring (bicyclic) bond motifs is 10. The smallest absolute Gasteiger partial charge is 0.268 e. The van der Waals surface area contributed by atoms with Crippen LogP contribution in [0, 0.1) is 20.2 Å². The Morgan fingerprint density at radius 1 is 0.458 bits per heavy atom. The van der Waals surface area contributed by atoms with E-state index in [9.17, 15) is 29.8 Å². The van der Waals surface area contributed by atoms with Crippen LogP contribution in [0.1, 0.15) is 0 Å². The lowest BCUT2D eigenvalue weighted by molar-refractivity contribution is -0.384. The fraction of sp³-hybridized carbons (Fsp3) is 0. The van der Waals surface area contributed by atoms with Crippen molar-refractivity contribution in [3.05, 3.63) is 126 Å². The van der Waals surface area contributed by atoms with E-state index in [1.54, 1.807) is 24.3 Å². The first-order chi connectivity index (χ1) is 23.3. The molecule has 0 aliphatic rings. The third-order valence-electron chi connectivity index (χ3n) is 9.95. The number of aromatic nitrogens is 4. The lowest BCUT2D eigenvalue weighted by atomic mass is 9.86. The Bertz CT molecular complexity index is 3210. The molecule has 0 aliphatic heterocycles. The van der Waals surface area contributed by atoms with E-state index in [-0.39, 0.29) is 22.5 Å². The summed E-state index contributed by atoms with van der Waals surface area (Å²) in [5, 5.41) is 32.4. The van der Waals surface area contributed by atoms with Crippen LogP contribution >= 0.6 is 0 Å². The van der Waals surface area contributed by atoms with Crippen molar-refractivity contribution in [3.63, 3.8) is 0 Å². The standard InChI is InChI=1S/C36H14N6O6/c43-35-23-9-5-19-18-4-8-22-32-24(36(44)40-28-14-16(42(47)48)2-12-26(28)38-34(22)40)10-6-20(30(18)32)17-3-7-21(31(23)29(17)19)33-37-25-11-1-15(41(45)46)13-27(25)39(33)35/h1-14H. The third-order valence-corrected chi connectivity index (χ3v) is 9.95. The second-order valence-corrected chi connectivity index (χ2v) is 12.2. The van der Waals surface area contributed by atoms with E-state index in [0.717, 1.165) is 53.9 Å². The van der Waals surface area contributed by atoms with Gasteiger partial charge in [-0.3, -0.25) is 38.6 Å². The zero-order chi connectivity index (χ0) is 32.3. The van der Waals surface area contributed by atoms with Crippen molar-refractivity contribution >= 4 is 109 Å². The number of hydrogen-bond donors (Lipinski definition) is 0. The van der Waals surface area contributed by atoms with Gasteiger partial charge >= 0.3 is 0 Å². The van der Waals surface area contributed by atoms with Crippen molar-refractivity contribution < 1.29 is 9.85 Å². The first-order valence-corrected chi connectivity index (χ1v) is 14.9. The summed E-state index contributed by atoms with van der Waals surface area (Å²) in [4.78, 5) is 59.8. The summed E-state index contributed by atoms with van der Waals surface area (Å²) in [5.41, 5.74) is 1.68. The van der Waals surface area contributed by atoms with E-state index in [1.165, 1.54) is 33.1 Å². The molecule has 0 radical (unpaired) electrons. The molecule has 7 aromatic carbocycles. The Labute approximate surface area is 263 Å². The Balaban J connectivity index is 1.32. The molecule has 48 heavy (non-hydrogen) atoms. The van der Waals surface area contributed by atoms with Crippen LogP contribution in [0.5, 0.6) is 0 Å². The second-order valence-electron chi connectivity index (χ2n) is 12.2. The predicted molar refractivity (Wildman–Crippen MR) is 183 cm³/mol. The van der Waals surface area contributed by atoms with E-state index in [0.29, 0.717) is 44.1 Å². The van der Waals surface area contributed by atoms with Crippen LogP contribution in [-0.2, 0) is 0 Å². The van der Waals surface area contributed by atoms with Gasteiger partial charge in [0.25, 0.3) is 22.5 Å². The number of benzene rings is 7. The van der Waals surface area contributed by atoms with Crippen LogP contribution in [0.4, 0.5) is 11.4 Å². The number of hydrogen-bond acceptors (Lipinski definition) is 8.